The van der Waals surface area contributed by atoms with Crippen molar-refractivity contribution in [2.75, 3.05) is 13.2 Å². The zero-order valence-corrected chi connectivity index (χ0v) is 41.5. The summed E-state index contributed by atoms with van der Waals surface area (Å²) in [5.74, 6) is -3.11. The Hall–Kier alpha value is -2.54. The molecule has 0 spiro atoms. The fourth-order valence-corrected chi connectivity index (χ4v) is 8.19. The summed E-state index contributed by atoms with van der Waals surface area (Å²) < 4.78 is 28.3. The van der Waals surface area contributed by atoms with Gasteiger partial charge in [0.15, 0.2) is 24.6 Å². The minimum atomic E-state index is -1.89. The Morgan fingerprint density at radius 2 is 0.877 bits per heavy atom. The highest BCUT2D eigenvalue weighted by Crippen LogP contribution is 2.26. The molecule has 0 radical (unpaired) electrons. The summed E-state index contributed by atoms with van der Waals surface area (Å²) in [5.41, 5.74) is 0. The summed E-state index contributed by atoms with van der Waals surface area (Å²) >= 11 is 0. The fourth-order valence-electron chi connectivity index (χ4n) is 8.19. The van der Waals surface area contributed by atoms with Crippen LogP contribution in [0.2, 0.25) is 0 Å². The molecular weight excluding hydrogens is 829 g/mol. The van der Waals surface area contributed by atoms with Crippen molar-refractivity contribution in [1.29, 1.82) is 0 Å². The first-order valence-electron chi connectivity index (χ1n) is 26.7. The maximum Gasteiger partial charge on any atom is 0.335 e. The van der Waals surface area contributed by atoms with Crippen LogP contribution in [0.25, 0.3) is 0 Å². The molecule has 1 aliphatic rings. The molecule has 12 heteroatoms. The monoisotopic (exact) mass is 925 g/mol. The largest absolute Gasteiger partial charge is 0.479 e. The van der Waals surface area contributed by atoms with Crippen LogP contribution in [0.4, 0.5) is 0 Å². The maximum absolute atomic E-state index is 13.0. The molecule has 1 fully saturated rings. The van der Waals surface area contributed by atoms with Crippen LogP contribution in [0.5, 0.6) is 0 Å². The number of aliphatic hydroxyl groups is 2. The van der Waals surface area contributed by atoms with Gasteiger partial charge < -0.3 is 39.0 Å². The minimum Gasteiger partial charge on any atom is -0.479 e. The van der Waals surface area contributed by atoms with E-state index in [0.29, 0.717) is 19.3 Å². The summed E-state index contributed by atoms with van der Waals surface area (Å²) in [7, 11) is 0. The van der Waals surface area contributed by atoms with Crippen molar-refractivity contribution in [3.8, 4) is 0 Å². The van der Waals surface area contributed by atoms with Crippen LogP contribution in [0, 0.1) is 0 Å². The van der Waals surface area contributed by atoms with E-state index in [1.54, 1.807) is 0 Å². The molecule has 1 rings (SSSR count). The molecule has 1 saturated heterocycles. The third-order valence-corrected chi connectivity index (χ3v) is 12.3. The number of carboxylic acid groups (broad SMARTS) is 1. The van der Waals surface area contributed by atoms with Crippen molar-refractivity contribution in [2.45, 2.75) is 289 Å². The number of aliphatic hydroxyl groups excluding tert-OH is 2. The van der Waals surface area contributed by atoms with E-state index >= 15 is 0 Å². The van der Waals surface area contributed by atoms with Crippen molar-refractivity contribution >= 4 is 23.9 Å². The first kappa shape index (κ1) is 60.5. The highest BCUT2D eigenvalue weighted by atomic mass is 16.7. The van der Waals surface area contributed by atoms with E-state index in [4.69, 9.17) is 23.7 Å². The molecule has 0 aromatic rings. The van der Waals surface area contributed by atoms with E-state index in [-0.39, 0.29) is 25.9 Å². The molecule has 65 heavy (non-hydrogen) atoms. The third-order valence-electron chi connectivity index (χ3n) is 12.3. The number of hydrogen-bond donors (Lipinski definition) is 3. The van der Waals surface area contributed by atoms with E-state index in [1.165, 1.54) is 116 Å². The number of carboxylic acids is 1. The number of carbonyl (C=O) groups is 4. The summed E-state index contributed by atoms with van der Waals surface area (Å²) in [6.07, 6.45) is 32.1. The van der Waals surface area contributed by atoms with Crippen molar-refractivity contribution in [1.82, 2.24) is 0 Å². The van der Waals surface area contributed by atoms with Gasteiger partial charge in [-0.05, 0) is 44.9 Å². The van der Waals surface area contributed by atoms with Crippen LogP contribution in [-0.4, -0.2) is 89.2 Å². The quantitative estimate of drug-likeness (QED) is 0.0228. The Morgan fingerprint density at radius 3 is 1.32 bits per heavy atom. The lowest BCUT2D eigenvalue weighted by Gasteiger charge is -2.40. The van der Waals surface area contributed by atoms with Gasteiger partial charge in [0, 0.05) is 19.3 Å². The van der Waals surface area contributed by atoms with Crippen molar-refractivity contribution < 1.29 is 58.2 Å². The lowest BCUT2D eigenvalue weighted by atomic mass is 9.98. The van der Waals surface area contributed by atoms with Gasteiger partial charge >= 0.3 is 23.9 Å². The van der Waals surface area contributed by atoms with E-state index < -0.39 is 67.3 Å². The Labute approximate surface area is 395 Å². The molecule has 1 heterocycles. The molecule has 380 valence electrons. The van der Waals surface area contributed by atoms with Crippen molar-refractivity contribution in [2.24, 2.45) is 0 Å². The van der Waals surface area contributed by atoms with Gasteiger partial charge in [0.2, 0.25) is 0 Å². The van der Waals surface area contributed by atoms with Gasteiger partial charge in [-0.1, -0.05) is 200 Å². The number of rotatable bonds is 45. The zero-order chi connectivity index (χ0) is 47.6. The summed E-state index contributed by atoms with van der Waals surface area (Å²) in [6, 6.07) is 0. The molecule has 1 aliphatic heterocycles. The summed E-state index contributed by atoms with van der Waals surface area (Å²) in [5, 5.41) is 31.3. The number of unbranched alkanes of at least 4 members (excludes halogenated alkanes) is 29. The normalized spacial score (nSPS) is 19.1. The lowest BCUT2D eigenvalue weighted by molar-refractivity contribution is -0.301. The Kier molecular flexibility index (Phi) is 39.8. The number of carbonyl (C=O) groups excluding carboxylic acids is 3. The van der Waals surface area contributed by atoms with Crippen molar-refractivity contribution in [3.05, 3.63) is 12.2 Å². The molecule has 6 atom stereocenters. The molecular formula is C53H96O12. The van der Waals surface area contributed by atoms with Gasteiger partial charge in [0.1, 0.15) is 18.8 Å². The van der Waals surface area contributed by atoms with Crippen LogP contribution in [0.1, 0.15) is 252 Å². The van der Waals surface area contributed by atoms with Gasteiger partial charge in [0.25, 0.3) is 0 Å². The van der Waals surface area contributed by atoms with E-state index in [9.17, 15) is 34.5 Å². The van der Waals surface area contributed by atoms with Crippen LogP contribution < -0.4 is 0 Å². The summed E-state index contributed by atoms with van der Waals surface area (Å²) in [4.78, 5) is 50.7. The van der Waals surface area contributed by atoms with E-state index in [1.807, 2.05) is 0 Å². The first-order chi connectivity index (χ1) is 31.6. The molecule has 0 saturated carbocycles. The number of esters is 3. The van der Waals surface area contributed by atoms with Gasteiger partial charge in [-0.15, -0.1) is 0 Å². The van der Waals surface area contributed by atoms with Crippen LogP contribution >= 0.6 is 0 Å². The molecule has 0 amide bonds. The second-order valence-corrected chi connectivity index (χ2v) is 18.5. The highest BCUT2D eigenvalue weighted by Gasteiger charge is 2.50. The minimum absolute atomic E-state index is 0.0673. The third kappa shape index (κ3) is 33.6. The van der Waals surface area contributed by atoms with Gasteiger partial charge in [-0.2, -0.15) is 0 Å². The molecule has 0 bridgehead atoms. The first-order valence-corrected chi connectivity index (χ1v) is 26.7. The number of allylic oxidation sites excluding steroid dienone is 2. The predicted octanol–water partition coefficient (Wildman–Crippen LogP) is 12.6. The summed E-state index contributed by atoms with van der Waals surface area (Å²) in [6.45, 7) is 5.94. The lowest BCUT2D eigenvalue weighted by Crippen LogP contribution is -2.61. The number of ether oxygens (including phenoxy) is 5. The fraction of sp³-hybridized carbons (Fsp3) is 0.887. The van der Waals surface area contributed by atoms with Gasteiger partial charge in [-0.3, -0.25) is 14.4 Å². The Bertz CT molecular complexity index is 1190. The molecule has 0 aromatic carbocycles. The van der Waals surface area contributed by atoms with Crippen LogP contribution in [0.3, 0.4) is 0 Å². The average molecular weight is 925 g/mol. The molecule has 0 aliphatic carbocycles. The Morgan fingerprint density at radius 1 is 0.492 bits per heavy atom. The second kappa shape index (κ2) is 42.8. The predicted molar refractivity (Wildman–Crippen MR) is 257 cm³/mol. The zero-order valence-electron chi connectivity index (χ0n) is 41.5. The van der Waals surface area contributed by atoms with E-state index in [2.05, 4.69) is 32.9 Å². The maximum atomic E-state index is 13.0. The molecule has 0 aromatic heterocycles. The standard InChI is InChI=1S/C53H96O12/c1-4-7-10-13-16-19-21-23-25-28-30-33-36-39-45(54)61-42-44(63-46(55)40-37-34-31-27-18-15-12-9-6-3)43-62-53-51(49(58)48(57)50(65-53)52(59)60)64-47(56)41-38-35-32-29-26-24-22-20-17-14-11-8-5-2/h19,21,44,48-51,53,57-58H,4-18,20,22-43H2,1-3H3,(H,59,60)/b21-19-. The molecule has 3 N–H and O–H groups in total. The number of aliphatic carboxylic acids is 1. The second-order valence-electron chi connectivity index (χ2n) is 18.5. The SMILES string of the molecule is CCCCCC/C=C\CCCCCCCC(=O)OCC(COC1OC(C(=O)O)C(O)C(O)C1OC(=O)CCCCCCCCCCCCCCC)OC(=O)CCCCCCCCCCC. The van der Waals surface area contributed by atoms with Gasteiger partial charge in [0.05, 0.1) is 6.61 Å². The Balaban J connectivity index is 2.70. The topological polar surface area (TPSA) is 175 Å². The van der Waals surface area contributed by atoms with Gasteiger partial charge in [-0.25, -0.2) is 4.79 Å². The van der Waals surface area contributed by atoms with Crippen LogP contribution in [-0.2, 0) is 42.9 Å². The van der Waals surface area contributed by atoms with E-state index in [0.717, 1.165) is 77.0 Å². The number of hydrogen-bond acceptors (Lipinski definition) is 11. The highest BCUT2D eigenvalue weighted by molar-refractivity contribution is 5.74. The van der Waals surface area contributed by atoms with Crippen LogP contribution in [0.15, 0.2) is 12.2 Å². The molecule has 12 nitrogen and oxygen atoms in total. The molecule has 6 unspecified atom stereocenters. The average Bonchev–Trinajstić information content (AvgIpc) is 3.29. The smallest absolute Gasteiger partial charge is 0.335 e. The van der Waals surface area contributed by atoms with Crippen molar-refractivity contribution in [3.63, 3.8) is 0 Å².